The summed E-state index contributed by atoms with van der Waals surface area (Å²) in [5.74, 6) is -0.510. The standard InChI is InChI=1S/C17H18N6O4/c24-16(14-8-26-10-18-14)21-12-5-20-22(6-12)7-13-3-1-2-4-23(13)17(25)15-9-27-11-19-15/h5-6,8-11,13H,1-4,7H2,(H,21,24)/t13-/m1/s1. The molecule has 0 saturated carbocycles. The maximum Gasteiger partial charge on any atom is 0.277 e. The first-order valence-corrected chi connectivity index (χ1v) is 8.62. The Bertz CT molecular complexity index is 902. The molecule has 1 N–H and O–H groups in total. The van der Waals surface area contributed by atoms with E-state index in [1.54, 1.807) is 17.1 Å². The zero-order valence-corrected chi connectivity index (χ0v) is 14.4. The van der Waals surface area contributed by atoms with Crippen molar-refractivity contribution in [3.63, 3.8) is 0 Å². The molecule has 1 fully saturated rings. The van der Waals surface area contributed by atoms with Crippen LogP contribution in [0.15, 0.2) is 46.5 Å². The van der Waals surface area contributed by atoms with Gasteiger partial charge < -0.3 is 19.1 Å². The van der Waals surface area contributed by atoms with Crippen molar-refractivity contribution in [2.45, 2.75) is 31.8 Å². The number of rotatable bonds is 5. The molecule has 1 aliphatic heterocycles. The van der Waals surface area contributed by atoms with Crippen molar-refractivity contribution < 1.29 is 18.4 Å². The van der Waals surface area contributed by atoms with Crippen LogP contribution in [-0.4, -0.2) is 49.0 Å². The van der Waals surface area contributed by atoms with Gasteiger partial charge in [0.25, 0.3) is 11.8 Å². The normalized spacial score (nSPS) is 17.0. The van der Waals surface area contributed by atoms with Crippen LogP contribution in [0.1, 0.15) is 40.2 Å². The number of likely N-dealkylation sites (tertiary alicyclic amines) is 1. The highest BCUT2D eigenvalue weighted by molar-refractivity contribution is 6.02. The molecular formula is C17H18N6O4. The molecule has 0 aliphatic carbocycles. The highest BCUT2D eigenvalue weighted by Gasteiger charge is 2.29. The number of piperidine rings is 1. The first-order valence-electron chi connectivity index (χ1n) is 8.62. The highest BCUT2D eigenvalue weighted by Crippen LogP contribution is 2.21. The van der Waals surface area contributed by atoms with Crippen molar-refractivity contribution in [3.8, 4) is 0 Å². The lowest BCUT2D eigenvalue weighted by atomic mass is 10.0. The lowest BCUT2D eigenvalue weighted by molar-refractivity contribution is 0.0577. The highest BCUT2D eigenvalue weighted by atomic mass is 16.3. The van der Waals surface area contributed by atoms with Gasteiger partial charge in [-0.1, -0.05) is 0 Å². The van der Waals surface area contributed by atoms with Gasteiger partial charge in [-0.2, -0.15) is 5.10 Å². The summed E-state index contributed by atoms with van der Waals surface area (Å²) in [5.41, 5.74) is 1.05. The third-order valence-corrected chi connectivity index (χ3v) is 4.49. The number of nitrogens with zero attached hydrogens (tertiary/aromatic N) is 5. The quantitative estimate of drug-likeness (QED) is 0.727. The van der Waals surface area contributed by atoms with Gasteiger partial charge in [-0.25, -0.2) is 9.97 Å². The van der Waals surface area contributed by atoms with Gasteiger partial charge in [-0.05, 0) is 19.3 Å². The minimum absolute atomic E-state index is 0.00180. The van der Waals surface area contributed by atoms with Gasteiger partial charge in [0.05, 0.1) is 24.5 Å². The molecule has 1 saturated heterocycles. The predicted molar refractivity (Wildman–Crippen MR) is 91.9 cm³/mol. The fourth-order valence-corrected chi connectivity index (χ4v) is 3.19. The van der Waals surface area contributed by atoms with Crippen LogP contribution in [0.25, 0.3) is 0 Å². The average molecular weight is 370 g/mol. The number of amides is 2. The Labute approximate surface area is 154 Å². The van der Waals surface area contributed by atoms with Gasteiger partial charge in [0.2, 0.25) is 0 Å². The minimum Gasteiger partial charge on any atom is -0.451 e. The van der Waals surface area contributed by atoms with E-state index in [9.17, 15) is 9.59 Å². The number of carbonyl (C=O) groups is 2. The second-order valence-electron chi connectivity index (χ2n) is 6.30. The van der Waals surface area contributed by atoms with E-state index < -0.39 is 0 Å². The number of hydrogen-bond donors (Lipinski definition) is 1. The summed E-state index contributed by atoms with van der Waals surface area (Å²) in [6.45, 7) is 1.21. The van der Waals surface area contributed by atoms with E-state index in [0.717, 1.165) is 19.3 Å². The molecule has 10 heteroatoms. The van der Waals surface area contributed by atoms with Crippen molar-refractivity contribution >= 4 is 17.5 Å². The number of nitrogens with one attached hydrogen (secondary N) is 1. The molecule has 27 heavy (non-hydrogen) atoms. The monoisotopic (exact) mass is 370 g/mol. The Morgan fingerprint density at radius 1 is 1.15 bits per heavy atom. The molecule has 0 radical (unpaired) electrons. The third kappa shape index (κ3) is 3.73. The van der Waals surface area contributed by atoms with E-state index >= 15 is 0 Å². The Hall–Kier alpha value is -3.43. The molecule has 0 aromatic carbocycles. The predicted octanol–water partition coefficient (Wildman–Crippen LogP) is 1.81. The van der Waals surface area contributed by atoms with E-state index in [0.29, 0.717) is 24.5 Å². The number of oxazole rings is 2. The summed E-state index contributed by atoms with van der Waals surface area (Å²) in [6, 6.07) is 0.00180. The van der Waals surface area contributed by atoms with Gasteiger partial charge in [0.1, 0.15) is 12.5 Å². The molecule has 3 aromatic heterocycles. The molecule has 4 rings (SSSR count). The lowest BCUT2D eigenvalue weighted by Crippen LogP contribution is -2.46. The van der Waals surface area contributed by atoms with Gasteiger partial charge in [0, 0.05) is 12.7 Å². The molecule has 0 bridgehead atoms. The van der Waals surface area contributed by atoms with E-state index in [-0.39, 0.29) is 23.6 Å². The summed E-state index contributed by atoms with van der Waals surface area (Å²) in [4.78, 5) is 34.2. The maximum atomic E-state index is 12.6. The SMILES string of the molecule is O=C(Nc1cnn(C[C@H]2CCCCN2C(=O)c2cocn2)c1)c1cocn1. The van der Waals surface area contributed by atoms with E-state index in [1.807, 2.05) is 4.90 Å². The topological polar surface area (TPSA) is 119 Å². The molecular weight excluding hydrogens is 352 g/mol. The molecule has 10 nitrogen and oxygen atoms in total. The molecule has 2 amide bonds. The van der Waals surface area contributed by atoms with Crippen LogP contribution in [0.5, 0.6) is 0 Å². The van der Waals surface area contributed by atoms with Crippen LogP contribution in [0.4, 0.5) is 5.69 Å². The van der Waals surface area contributed by atoms with Crippen molar-refractivity contribution in [3.05, 3.63) is 49.1 Å². The van der Waals surface area contributed by atoms with Crippen molar-refractivity contribution in [1.82, 2.24) is 24.6 Å². The Morgan fingerprint density at radius 2 is 1.93 bits per heavy atom. The van der Waals surface area contributed by atoms with Crippen LogP contribution in [0.3, 0.4) is 0 Å². The van der Waals surface area contributed by atoms with Crippen LogP contribution in [0.2, 0.25) is 0 Å². The number of aromatic nitrogens is 4. The minimum atomic E-state index is -0.371. The number of carbonyl (C=O) groups excluding carboxylic acids is 2. The third-order valence-electron chi connectivity index (χ3n) is 4.49. The summed E-state index contributed by atoms with van der Waals surface area (Å²) in [7, 11) is 0. The second kappa shape index (κ2) is 7.44. The van der Waals surface area contributed by atoms with E-state index in [1.165, 1.54) is 25.3 Å². The van der Waals surface area contributed by atoms with E-state index in [4.69, 9.17) is 8.83 Å². The van der Waals surface area contributed by atoms with Crippen LogP contribution < -0.4 is 5.32 Å². The van der Waals surface area contributed by atoms with Crippen molar-refractivity contribution in [1.29, 1.82) is 0 Å². The fourth-order valence-electron chi connectivity index (χ4n) is 3.19. The Morgan fingerprint density at radius 3 is 2.67 bits per heavy atom. The van der Waals surface area contributed by atoms with Crippen LogP contribution in [-0.2, 0) is 6.54 Å². The molecule has 140 valence electrons. The summed E-state index contributed by atoms with van der Waals surface area (Å²) >= 11 is 0. The largest absolute Gasteiger partial charge is 0.451 e. The summed E-state index contributed by atoms with van der Waals surface area (Å²) < 4.78 is 11.4. The summed E-state index contributed by atoms with van der Waals surface area (Å²) in [5, 5.41) is 7.00. The molecule has 3 aromatic rings. The van der Waals surface area contributed by atoms with Crippen LogP contribution in [0, 0.1) is 0 Å². The molecule has 0 unspecified atom stereocenters. The van der Waals surface area contributed by atoms with Crippen LogP contribution >= 0.6 is 0 Å². The average Bonchev–Trinajstić information content (AvgIpc) is 3.44. The molecule has 0 spiro atoms. The van der Waals surface area contributed by atoms with Gasteiger partial charge in [-0.15, -0.1) is 0 Å². The first kappa shape index (κ1) is 17.0. The van der Waals surface area contributed by atoms with Gasteiger partial charge in [-0.3, -0.25) is 14.3 Å². The zero-order chi connectivity index (χ0) is 18.6. The molecule has 1 atom stereocenters. The molecule has 4 heterocycles. The smallest absolute Gasteiger partial charge is 0.277 e. The first-order chi connectivity index (χ1) is 13.2. The number of hydrogen-bond acceptors (Lipinski definition) is 7. The van der Waals surface area contributed by atoms with Gasteiger partial charge in [0.15, 0.2) is 24.2 Å². The molecule has 1 aliphatic rings. The van der Waals surface area contributed by atoms with Gasteiger partial charge >= 0.3 is 0 Å². The Balaban J connectivity index is 1.42. The summed E-state index contributed by atoms with van der Waals surface area (Å²) in [6.07, 6.45) is 11.3. The van der Waals surface area contributed by atoms with Crippen molar-refractivity contribution in [2.24, 2.45) is 0 Å². The lowest BCUT2D eigenvalue weighted by Gasteiger charge is -2.35. The maximum absolute atomic E-state index is 12.6. The fraction of sp³-hybridized carbons (Fsp3) is 0.353. The van der Waals surface area contributed by atoms with E-state index in [2.05, 4.69) is 20.4 Å². The number of anilines is 1. The van der Waals surface area contributed by atoms with Crippen molar-refractivity contribution in [2.75, 3.05) is 11.9 Å². The Kier molecular flexibility index (Phi) is 4.69. The zero-order valence-electron chi connectivity index (χ0n) is 14.4. The second-order valence-corrected chi connectivity index (χ2v) is 6.30.